The van der Waals surface area contributed by atoms with E-state index in [1.54, 1.807) is 24.4 Å². The summed E-state index contributed by atoms with van der Waals surface area (Å²) in [7, 11) is 0. The van der Waals surface area contributed by atoms with Crippen molar-refractivity contribution in [3.8, 4) is 0 Å². The van der Waals surface area contributed by atoms with E-state index in [0.29, 0.717) is 62.8 Å². The Labute approximate surface area is 322 Å². The van der Waals surface area contributed by atoms with Crippen LogP contribution >= 0.6 is 11.6 Å². The van der Waals surface area contributed by atoms with Crippen LogP contribution in [-0.4, -0.2) is 61.3 Å². The Morgan fingerprint density at radius 2 is 1.76 bits per heavy atom. The van der Waals surface area contributed by atoms with Crippen molar-refractivity contribution in [1.29, 1.82) is 0 Å². The normalized spacial score (nSPS) is 25.7. The molecule has 54 heavy (non-hydrogen) atoms. The van der Waals surface area contributed by atoms with Gasteiger partial charge in [0.25, 0.3) is 11.8 Å². The Kier molecular flexibility index (Phi) is 11.2. The summed E-state index contributed by atoms with van der Waals surface area (Å²) in [5.74, 6) is 2.32. The monoisotopic (exact) mass is 755 g/mol. The first-order valence-corrected chi connectivity index (χ1v) is 20.1. The molecule has 7 atom stereocenters. The van der Waals surface area contributed by atoms with Crippen molar-refractivity contribution in [3.05, 3.63) is 69.6 Å². The number of nitrogens with one attached hydrogen (secondary N) is 3. The molecule has 0 radical (unpaired) electrons. The molecule has 11 nitrogen and oxygen atoms in total. The summed E-state index contributed by atoms with van der Waals surface area (Å²) in [4.78, 5) is 43.6. The van der Waals surface area contributed by atoms with Gasteiger partial charge in [-0.2, -0.15) is 0 Å². The Balaban J connectivity index is 1.31. The van der Waals surface area contributed by atoms with Crippen LogP contribution in [0.4, 0.5) is 5.69 Å². The second-order valence-electron chi connectivity index (χ2n) is 16.8. The van der Waals surface area contributed by atoms with E-state index in [0.717, 1.165) is 66.7 Å². The number of aliphatic hydroxyl groups is 1. The molecule has 4 aromatic rings. The molecule has 2 fully saturated rings. The van der Waals surface area contributed by atoms with Gasteiger partial charge in [0, 0.05) is 46.3 Å². The molecule has 3 aliphatic rings. The summed E-state index contributed by atoms with van der Waals surface area (Å²) in [5.41, 5.74) is 6.43. The Bertz CT molecular complexity index is 2040. The van der Waals surface area contributed by atoms with E-state index in [2.05, 4.69) is 72.5 Å². The number of aromatic amines is 1. The molecular formula is C42H54ClN7O4. The van der Waals surface area contributed by atoms with E-state index < -0.39 is 6.10 Å². The van der Waals surface area contributed by atoms with E-state index >= 15 is 0 Å². The Morgan fingerprint density at radius 1 is 1.06 bits per heavy atom. The van der Waals surface area contributed by atoms with Crippen LogP contribution in [0.2, 0.25) is 5.02 Å². The third-order valence-corrected chi connectivity index (χ3v) is 12.5. The quantitative estimate of drug-likeness (QED) is 0.114. The number of rotatable bonds is 11. The van der Waals surface area contributed by atoms with Crippen molar-refractivity contribution in [2.45, 2.75) is 98.0 Å². The van der Waals surface area contributed by atoms with Gasteiger partial charge in [-0.1, -0.05) is 70.8 Å². The highest BCUT2D eigenvalue weighted by Crippen LogP contribution is 2.51. The zero-order valence-corrected chi connectivity index (χ0v) is 33.0. The molecule has 4 N–H and O–H groups in total. The number of amides is 2. The van der Waals surface area contributed by atoms with E-state index in [1.807, 2.05) is 18.2 Å². The molecule has 12 heteroatoms. The topological polar surface area (TPSA) is 147 Å². The van der Waals surface area contributed by atoms with Crippen molar-refractivity contribution >= 4 is 51.9 Å². The molecule has 288 valence electrons. The van der Waals surface area contributed by atoms with E-state index in [9.17, 15) is 14.7 Å². The van der Waals surface area contributed by atoms with Gasteiger partial charge in [0.05, 0.1) is 11.1 Å². The summed E-state index contributed by atoms with van der Waals surface area (Å²) in [6.07, 6.45) is 8.90. The minimum Gasteiger partial charge on any atom is -0.391 e. The lowest BCUT2D eigenvalue weighted by Crippen LogP contribution is -2.38. The molecule has 0 saturated heterocycles. The second-order valence-corrected chi connectivity index (χ2v) is 17.2. The zero-order chi connectivity index (χ0) is 38.3. The Hall–Kier alpha value is -4.22. The first-order chi connectivity index (χ1) is 25.9. The number of benzene rings is 1. The third-order valence-electron chi connectivity index (χ3n) is 12.2. The molecule has 1 aromatic carbocycles. The number of nitrogens with zero attached hydrogens (tertiary/aromatic N) is 4. The minimum absolute atomic E-state index is 0.0307. The number of hydrogen-bond donors (Lipinski definition) is 4. The van der Waals surface area contributed by atoms with Crippen LogP contribution < -0.4 is 15.5 Å². The summed E-state index contributed by atoms with van der Waals surface area (Å²) >= 11 is 6.46. The molecular weight excluding hydrogens is 702 g/mol. The predicted octanol–water partition coefficient (Wildman–Crippen LogP) is 7.87. The molecule has 0 spiro atoms. The number of aliphatic hydroxyl groups excluding tert-OH is 1. The second kappa shape index (κ2) is 15.9. The van der Waals surface area contributed by atoms with E-state index in [-0.39, 0.29) is 36.8 Å². The molecule has 0 bridgehead atoms. The van der Waals surface area contributed by atoms with Crippen molar-refractivity contribution in [3.63, 3.8) is 0 Å². The number of fused-ring (bicyclic) bond motifs is 2. The number of halogens is 1. The van der Waals surface area contributed by atoms with Gasteiger partial charge in [-0.25, -0.2) is 4.98 Å². The highest BCUT2D eigenvalue weighted by Gasteiger charge is 2.42. The first kappa shape index (κ1) is 38.1. The standard InChI is InChI=1S/C42H54ClN7O4/c1-22(2)28-12-9-24(5)16-31(28)37-36(19-33-30-18-26(43)11-14-34(30)47-41(33)52)46-39(32-17-25(6)10-13-29(32)23(3)4)38(37)42(53)45-20-27(51)21-54-50-40-35(48-49-50)8-7-15-44-40/h7-8,11,14-15,18-19,22-25,27-29,31-32,46,51H,9-10,12-13,16-17,20-21H2,1-6H3,(H,45,53)(H,47,52)/b33-19-. The average molecular weight is 756 g/mol. The van der Waals surface area contributed by atoms with Crippen LogP contribution in [0.25, 0.3) is 22.8 Å². The lowest BCUT2D eigenvalue weighted by atomic mass is 9.65. The Morgan fingerprint density at radius 3 is 2.48 bits per heavy atom. The molecule has 7 unspecified atom stereocenters. The minimum atomic E-state index is -1.02. The number of H-pyrrole nitrogens is 1. The SMILES string of the molecule is CC1CCC(C(C)C)C(c2[nH]c(/C=C3\C(=O)Nc4ccc(Cl)cc43)c(C3CC(C)CCC3C(C)C)c2C(=O)NCC(O)COn2nnc3cccnc32)C1. The van der Waals surface area contributed by atoms with Crippen LogP contribution in [0.3, 0.4) is 0 Å². The fourth-order valence-corrected chi connectivity index (χ4v) is 9.61. The van der Waals surface area contributed by atoms with Crippen molar-refractivity contribution in [1.82, 2.24) is 30.4 Å². The molecule has 3 aromatic heterocycles. The first-order valence-electron chi connectivity index (χ1n) is 19.7. The number of hydrogen-bond acceptors (Lipinski definition) is 7. The number of carbonyl (C=O) groups excluding carboxylic acids is 2. The third kappa shape index (κ3) is 7.67. The molecule has 1 aliphatic heterocycles. The zero-order valence-electron chi connectivity index (χ0n) is 32.2. The maximum absolute atomic E-state index is 14.9. The molecule has 7 rings (SSSR count). The maximum atomic E-state index is 14.9. The van der Waals surface area contributed by atoms with Crippen LogP contribution in [0.5, 0.6) is 0 Å². The summed E-state index contributed by atoms with van der Waals surface area (Å²) < 4.78 is 0. The van der Waals surface area contributed by atoms with Crippen molar-refractivity contribution in [2.75, 3.05) is 18.5 Å². The van der Waals surface area contributed by atoms with Gasteiger partial charge in [0.2, 0.25) is 5.65 Å². The van der Waals surface area contributed by atoms with Gasteiger partial charge in [-0.15, -0.1) is 5.10 Å². The van der Waals surface area contributed by atoms with Crippen LogP contribution in [0, 0.1) is 35.5 Å². The number of carbonyl (C=O) groups is 2. The number of pyridine rings is 1. The summed E-state index contributed by atoms with van der Waals surface area (Å²) in [6.45, 7) is 13.6. The lowest BCUT2D eigenvalue weighted by molar-refractivity contribution is -0.110. The molecule has 2 amide bonds. The summed E-state index contributed by atoms with van der Waals surface area (Å²) in [5, 5.41) is 25.8. The number of aromatic nitrogens is 5. The van der Waals surface area contributed by atoms with Gasteiger partial charge >= 0.3 is 0 Å². The van der Waals surface area contributed by atoms with Crippen molar-refractivity contribution in [2.24, 2.45) is 35.5 Å². The highest BCUT2D eigenvalue weighted by molar-refractivity contribution is 6.36. The highest BCUT2D eigenvalue weighted by atomic mass is 35.5. The van der Waals surface area contributed by atoms with Crippen LogP contribution in [0.15, 0.2) is 36.5 Å². The fourth-order valence-electron chi connectivity index (χ4n) is 9.44. The molecule has 4 heterocycles. The largest absolute Gasteiger partial charge is 0.391 e. The molecule has 2 saturated carbocycles. The van der Waals surface area contributed by atoms with Gasteiger partial charge in [-0.3, -0.25) is 9.59 Å². The van der Waals surface area contributed by atoms with Gasteiger partial charge < -0.3 is 25.6 Å². The van der Waals surface area contributed by atoms with Crippen molar-refractivity contribution < 1.29 is 19.5 Å². The summed E-state index contributed by atoms with van der Waals surface area (Å²) in [6, 6.07) is 8.99. The van der Waals surface area contributed by atoms with Gasteiger partial charge in [-0.05, 0) is 114 Å². The van der Waals surface area contributed by atoms with Crippen LogP contribution in [0.1, 0.15) is 125 Å². The van der Waals surface area contributed by atoms with Crippen LogP contribution in [-0.2, 0) is 4.79 Å². The number of anilines is 1. The van der Waals surface area contributed by atoms with Gasteiger partial charge in [0.1, 0.15) is 18.2 Å². The predicted molar refractivity (Wildman–Crippen MR) is 212 cm³/mol. The lowest BCUT2D eigenvalue weighted by Gasteiger charge is -2.39. The molecule has 2 aliphatic carbocycles. The maximum Gasteiger partial charge on any atom is 0.256 e. The van der Waals surface area contributed by atoms with E-state index in [1.165, 1.54) is 4.85 Å². The average Bonchev–Trinajstić information content (AvgIpc) is 3.82. The fraction of sp³-hybridized carbons (Fsp3) is 0.548. The smallest absolute Gasteiger partial charge is 0.256 e. The van der Waals surface area contributed by atoms with Gasteiger partial charge in [0.15, 0.2) is 0 Å². The van der Waals surface area contributed by atoms with E-state index in [4.69, 9.17) is 16.4 Å².